The van der Waals surface area contributed by atoms with Crippen LogP contribution in [0.5, 0.6) is 0 Å². The van der Waals surface area contributed by atoms with Gasteiger partial charge >= 0.3 is 5.97 Å². The molecule has 0 atom stereocenters. The highest BCUT2D eigenvalue weighted by Gasteiger charge is 2.15. The Morgan fingerprint density at radius 2 is 1.56 bits per heavy atom. The number of carboxylic acid groups (broad SMARTS) is 1. The van der Waals surface area contributed by atoms with Gasteiger partial charge in [-0.3, -0.25) is 9.59 Å². The fraction of sp³-hybridized carbons (Fsp3) is 0.100. The SMILES string of the molecule is CC(C)=C(NC(=O)c1ccccc1)C(=O)N/N=C/c1ccc(C(=O)O)cc1. The quantitative estimate of drug-likeness (QED) is 0.415. The van der Waals surface area contributed by atoms with E-state index in [-0.39, 0.29) is 11.3 Å². The van der Waals surface area contributed by atoms with E-state index in [1.165, 1.54) is 18.3 Å². The summed E-state index contributed by atoms with van der Waals surface area (Å²) < 4.78 is 0. The van der Waals surface area contributed by atoms with Crippen molar-refractivity contribution in [2.75, 3.05) is 0 Å². The van der Waals surface area contributed by atoms with E-state index in [1.54, 1.807) is 56.3 Å². The van der Waals surface area contributed by atoms with Gasteiger partial charge in [-0.05, 0) is 49.2 Å². The van der Waals surface area contributed by atoms with Crippen LogP contribution in [-0.4, -0.2) is 29.1 Å². The zero-order valence-corrected chi connectivity index (χ0v) is 14.9. The Balaban J connectivity index is 2.02. The average molecular weight is 365 g/mol. The van der Waals surface area contributed by atoms with Crippen LogP contribution in [0.15, 0.2) is 71.0 Å². The molecule has 0 fully saturated rings. The molecule has 0 spiro atoms. The first-order valence-corrected chi connectivity index (χ1v) is 8.09. The van der Waals surface area contributed by atoms with Crippen LogP contribution in [-0.2, 0) is 4.79 Å². The van der Waals surface area contributed by atoms with E-state index in [1.807, 2.05) is 0 Å². The van der Waals surface area contributed by atoms with Crippen molar-refractivity contribution in [3.63, 3.8) is 0 Å². The summed E-state index contributed by atoms with van der Waals surface area (Å²) in [7, 11) is 0. The Labute approximate surface area is 156 Å². The first kappa shape index (κ1) is 19.6. The standard InChI is InChI=1S/C20H19N3O4/c1-13(2)17(22-18(24)15-6-4-3-5-7-15)19(25)23-21-12-14-8-10-16(11-9-14)20(26)27/h3-12H,1-2H3,(H,22,24)(H,23,25)(H,26,27)/b21-12+. The number of hydrogen-bond acceptors (Lipinski definition) is 4. The average Bonchev–Trinajstić information content (AvgIpc) is 2.66. The summed E-state index contributed by atoms with van der Waals surface area (Å²) in [4.78, 5) is 35.4. The number of amides is 2. The van der Waals surface area contributed by atoms with Gasteiger partial charge in [-0.2, -0.15) is 5.10 Å². The number of nitrogens with one attached hydrogen (secondary N) is 2. The molecular weight excluding hydrogens is 346 g/mol. The molecule has 2 amide bonds. The molecule has 0 aromatic heterocycles. The summed E-state index contributed by atoms with van der Waals surface area (Å²) >= 11 is 0. The normalized spacial score (nSPS) is 10.3. The molecule has 0 bridgehead atoms. The van der Waals surface area contributed by atoms with Gasteiger partial charge in [0, 0.05) is 5.56 Å². The van der Waals surface area contributed by atoms with E-state index in [2.05, 4.69) is 15.8 Å². The van der Waals surface area contributed by atoms with Crippen LogP contribution in [0.25, 0.3) is 0 Å². The molecule has 0 aliphatic heterocycles. The Morgan fingerprint density at radius 3 is 2.11 bits per heavy atom. The number of carbonyl (C=O) groups is 3. The van der Waals surface area contributed by atoms with Gasteiger partial charge in [0.2, 0.25) is 0 Å². The van der Waals surface area contributed by atoms with Gasteiger partial charge in [0.1, 0.15) is 5.70 Å². The number of carbonyl (C=O) groups excluding carboxylic acids is 2. The number of hydrogen-bond donors (Lipinski definition) is 3. The number of benzene rings is 2. The molecule has 7 heteroatoms. The van der Waals surface area contributed by atoms with Crippen molar-refractivity contribution in [2.45, 2.75) is 13.8 Å². The highest BCUT2D eigenvalue weighted by molar-refractivity contribution is 6.03. The predicted octanol–water partition coefficient (Wildman–Crippen LogP) is 2.56. The zero-order valence-electron chi connectivity index (χ0n) is 14.9. The first-order chi connectivity index (χ1) is 12.9. The summed E-state index contributed by atoms with van der Waals surface area (Å²) in [5.74, 6) is -1.97. The van der Waals surface area contributed by atoms with Gasteiger partial charge in [-0.25, -0.2) is 10.2 Å². The van der Waals surface area contributed by atoms with Crippen LogP contribution in [0.2, 0.25) is 0 Å². The van der Waals surface area contributed by atoms with Crippen LogP contribution in [0.3, 0.4) is 0 Å². The fourth-order valence-electron chi connectivity index (χ4n) is 2.12. The highest BCUT2D eigenvalue weighted by atomic mass is 16.4. The second kappa shape index (κ2) is 9.10. The van der Waals surface area contributed by atoms with E-state index in [0.29, 0.717) is 16.7 Å². The summed E-state index contributed by atoms with van der Waals surface area (Å²) in [6.45, 7) is 3.41. The van der Waals surface area contributed by atoms with Crippen molar-refractivity contribution in [2.24, 2.45) is 5.10 Å². The molecular formula is C20H19N3O4. The van der Waals surface area contributed by atoms with Gasteiger partial charge in [0.05, 0.1) is 11.8 Å². The fourth-order valence-corrected chi connectivity index (χ4v) is 2.12. The smallest absolute Gasteiger partial charge is 0.335 e. The molecule has 0 saturated carbocycles. The first-order valence-electron chi connectivity index (χ1n) is 8.09. The van der Waals surface area contributed by atoms with Crippen LogP contribution in [0, 0.1) is 0 Å². The molecule has 2 aromatic rings. The molecule has 0 radical (unpaired) electrons. The highest BCUT2D eigenvalue weighted by Crippen LogP contribution is 2.05. The van der Waals surface area contributed by atoms with Crippen molar-refractivity contribution < 1.29 is 19.5 Å². The molecule has 2 aromatic carbocycles. The van der Waals surface area contributed by atoms with Crippen LogP contribution in [0.4, 0.5) is 0 Å². The molecule has 0 aliphatic carbocycles. The lowest BCUT2D eigenvalue weighted by atomic mass is 10.1. The number of carboxylic acids is 1. The molecule has 7 nitrogen and oxygen atoms in total. The second-order valence-electron chi connectivity index (χ2n) is 5.82. The molecule has 3 N–H and O–H groups in total. The minimum Gasteiger partial charge on any atom is -0.478 e. The van der Waals surface area contributed by atoms with Crippen LogP contribution >= 0.6 is 0 Å². The topological polar surface area (TPSA) is 108 Å². The number of nitrogens with zero attached hydrogens (tertiary/aromatic N) is 1. The lowest BCUT2D eigenvalue weighted by Gasteiger charge is -2.10. The van der Waals surface area contributed by atoms with Gasteiger partial charge in [-0.15, -0.1) is 0 Å². The van der Waals surface area contributed by atoms with E-state index in [9.17, 15) is 14.4 Å². The largest absolute Gasteiger partial charge is 0.478 e. The third-order valence-corrected chi connectivity index (χ3v) is 3.54. The third-order valence-electron chi connectivity index (χ3n) is 3.54. The van der Waals surface area contributed by atoms with Crippen molar-refractivity contribution in [1.82, 2.24) is 10.7 Å². The molecule has 0 aliphatic rings. The minimum absolute atomic E-state index is 0.113. The lowest BCUT2D eigenvalue weighted by molar-refractivity contribution is -0.117. The van der Waals surface area contributed by atoms with E-state index >= 15 is 0 Å². The minimum atomic E-state index is -1.02. The number of hydrazone groups is 1. The van der Waals surface area contributed by atoms with E-state index < -0.39 is 17.8 Å². The molecule has 27 heavy (non-hydrogen) atoms. The molecule has 0 heterocycles. The summed E-state index contributed by atoms with van der Waals surface area (Å²) in [6, 6.07) is 14.6. The third kappa shape index (κ3) is 5.64. The Bertz CT molecular complexity index is 897. The van der Waals surface area contributed by atoms with Crippen molar-refractivity contribution >= 4 is 24.0 Å². The van der Waals surface area contributed by atoms with E-state index in [0.717, 1.165) is 0 Å². The van der Waals surface area contributed by atoms with Gasteiger partial charge in [0.25, 0.3) is 11.8 Å². The molecule has 2 rings (SSSR count). The maximum atomic E-state index is 12.3. The van der Waals surface area contributed by atoms with Crippen LogP contribution in [0.1, 0.15) is 40.1 Å². The Hall–Kier alpha value is -3.74. The predicted molar refractivity (Wildman–Crippen MR) is 101 cm³/mol. The van der Waals surface area contributed by atoms with Crippen LogP contribution < -0.4 is 10.7 Å². The zero-order chi connectivity index (χ0) is 19.8. The van der Waals surface area contributed by atoms with Gasteiger partial charge in [-0.1, -0.05) is 30.3 Å². The number of rotatable bonds is 6. The number of allylic oxidation sites excluding steroid dienone is 1. The summed E-state index contributed by atoms with van der Waals surface area (Å²) in [5.41, 5.74) is 4.30. The van der Waals surface area contributed by atoms with Gasteiger partial charge < -0.3 is 10.4 Å². The molecule has 138 valence electrons. The maximum Gasteiger partial charge on any atom is 0.335 e. The Morgan fingerprint density at radius 1 is 0.926 bits per heavy atom. The summed E-state index contributed by atoms with van der Waals surface area (Å²) in [6.07, 6.45) is 1.38. The van der Waals surface area contributed by atoms with Gasteiger partial charge in [0.15, 0.2) is 0 Å². The van der Waals surface area contributed by atoms with Crippen molar-refractivity contribution in [1.29, 1.82) is 0 Å². The number of aromatic carboxylic acids is 1. The maximum absolute atomic E-state index is 12.3. The van der Waals surface area contributed by atoms with E-state index in [4.69, 9.17) is 5.11 Å². The molecule has 0 unspecified atom stereocenters. The second-order valence-corrected chi connectivity index (χ2v) is 5.82. The lowest BCUT2D eigenvalue weighted by Crippen LogP contribution is -2.33. The van der Waals surface area contributed by atoms with Crippen molar-refractivity contribution in [3.8, 4) is 0 Å². The van der Waals surface area contributed by atoms with Crippen molar-refractivity contribution in [3.05, 3.63) is 82.6 Å². The Kier molecular flexibility index (Phi) is 6.60. The molecule has 0 saturated heterocycles. The monoisotopic (exact) mass is 365 g/mol. The summed E-state index contributed by atoms with van der Waals surface area (Å²) in [5, 5.41) is 15.3.